The second-order valence-electron chi connectivity index (χ2n) is 6.42. The first-order chi connectivity index (χ1) is 12.8. The molecule has 1 N–H and O–H groups in total. The van der Waals surface area contributed by atoms with Gasteiger partial charge in [0.05, 0.1) is 11.3 Å². The second-order valence-corrected chi connectivity index (χ2v) is 8.14. The summed E-state index contributed by atoms with van der Waals surface area (Å²) in [5.74, 6) is -1.02. The summed E-state index contributed by atoms with van der Waals surface area (Å²) >= 11 is 0. The number of fused-ring (bicyclic) bond motifs is 1. The number of anilines is 1. The van der Waals surface area contributed by atoms with Gasteiger partial charge in [-0.05, 0) is 43.2 Å². The number of hydrogen-bond donors (Lipinski definition) is 1. The second kappa shape index (κ2) is 7.48. The van der Waals surface area contributed by atoms with Crippen LogP contribution in [0.15, 0.2) is 47.4 Å². The van der Waals surface area contributed by atoms with E-state index in [-0.39, 0.29) is 11.3 Å². The van der Waals surface area contributed by atoms with Gasteiger partial charge in [-0.2, -0.15) is 0 Å². The zero-order valence-electron chi connectivity index (χ0n) is 15.1. The number of sulfonamides is 1. The molecule has 0 atom stereocenters. The van der Waals surface area contributed by atoms with Crippen LogP contribution >= 0.6 is 0 Å². The van der Waals surface area contributed by atoms with Crippen molar-refractivity contribution < 1.29 is 12.8 Å². The van der Waals surface area contributed by atoms with Crippen LogP contribution in [-0.4, -0.2) is 18.0 Å². The lowest BCUT2D eigenvalue weighted by Gasteiger charge is -2.12. The lowest BCUT2D eigenvalue weighted by molar-refractivity contribution is 0.591. The Labute approximate surface area is 156 Å². The van der Waals surface area contributed by atoms with Crippen molar-refractivity contribution in [3.05, 3.63) is 70.0 Å². The van der Waals surface area contributed by atoms with Gasteiger partial charge in [0.25, 0.3) is 0 Å². The van der Waals surface area contributed by atoms with Crippen molar-refractivity contribution in [2.75, 3.05) is 4.72 Å². The summed E-state index contributed by atoms with van der Waals surface area (Å²) in [7, 11) is -3.80. The van der Waals surface area contributed by atoms with E-state index in [0.29, 0.717) is 23.1 Å². The van der Waals surface area contributed by atoms with Gasteiger partial charge in [0, 0.05) is 29.4 Å². The van der Waals surface area contributed by atoms with E-state index in [1.807, 2.05) is 6.92 Å². The molecule has 3 rings (SSSR count). The summed E-state index contributed by atoms with van der Waals surface area (Å²) in [6.07, 6.45) is 2.19. The Bertz CT molecular complexity index is 1160. The highest BCUT2D eigenvalue weighted by molar-refractivity contribution is 7.91. The molecule has 1 aromatic heterocycles. The number of nitrogens with one attached hydrogen (secondary N) is 1. The number of benzene rings is 2. The van der Waals surface area contributed by atoms with Crippen LogP contribution in [0.25, 0.3) is 10.9 Å². The normalized spacial score (nSPS) is 11.7. The van der Waals surface area contributed by atoms with E-state index in [4.69, 9.17) is 0 Å². The maximum atomic E-state index is 13.9. The number of halogens is 1. The predicted octanol–water partition coefficient (Wildman–Crippen LogP) is 3.20. The highest BCUT2D eigenvalue weighted by Gasteiger charge is 2.15. The van der Waals surface area contributed by atoms with Gasteiger partial charge < -0.3 is 0 Å². The summed E-state index contributed by atoms with van der Waals surface area (Å²) in [5, 5.41) is 0.643. The van der Waals surface area contributed by atoms with Crippen LogP contribution in [0.4, 0.5) is 10.1 Å². The third-order valence-electron chi connectivity index (χ3n) is 4.14. The Morgan fingerprint density at radius 1 is 1.19 bits per heavy atom. The van der Waals surface area contributed by atoms with Crippen LogP contribution in [0, 0.1) is 12.7 Å². The van der Waals surface area contributed by atoms with Gasteiger partial charge in [-0.25, -0.2) is 22.6 Å². The molecule has 0 saturated carbocycles. The average molecular weight is 389 g/mol. The molecular formula is C19H20FN3O3S. The van der Waals surface area contributed by atoms with Crippen LogP contribution in [0.2, 0.25) is 0 Å². The number of hydrogen-bond acceptors (Lipinski definition) is 4. The quantitative estimate of drug-likeness (QED) is 0.702. The molecule has 0 amide bonds. The molecule has 8 heteroatoms. The molecule has 0 fully saturated rings. The lowest BCUT2D eigenvalue weighted by Crippen LogP contribution is -2.22. The van der Waals surface area contributed by atoms with E-state index >= 15 is 0 Å². The van der Waals surface area contributed by atoms with E-state index in [2.05, 4.69) is 9.71 Å². The van der Waals surface area contributed by atoms with Gasteiger partial charge >= 0.3 is 5.69 Å². The van der Waals surface area contributed by atoms with Crippen molar-refractivity contribution in [1.29, 1.82) is 0 Å². The van der Waals surface area contributed by atoms with Gasteiger partial charge in [0.15, 0.2) is 0 Å². The molecule has 0 aliphatic rings. The fraction of sp³-hybridized carbons (Fsp3) is 0.263. The van der Waals surface area contributed by atoms with E-state index in [1.165, 1.54) is 18.3 Å². The molecule has 2 aromatic carbocycles. The number of aromatic nitrogens is 2. The number of aryl methyl sites for hydroxylation is 2. The Morgan fingerprint density at radius 3 is 2.67 bits per heavy atom. The monoisotopic (exact) mass is 389 g/mol. The zero-order chi connectivity index (χ0) is 19.6. The highest BCUT2D eigenvalue weighted by atomic mass is 32.2. The molecule has 0 unspecified atom stereocenters. The van der Waals surface area contributed by atoms with E-state index in [9.17, 15) is 17.6 Å². The maximum Gasteiger partial charge on any atom is 0.348 e. The first kappa shape index (κ1) is 19.0. The molecule has 0 saturated heterocycles. The van der Waals surface area contributed by atoms with Crippen molar-refractivity contribution in [1.82, 2.24) is 9.55 Å². The molecule has 3 aromatic rings. The summed E-state index contributed by atoms with van der Waals surface area (Å²) < 4.78 is 42.8. The average Bonchev–Trinajstić information content (AvgIpc) is 2.59. The molecule has 27 heavy (non-hydrogen) atoms. The standard InChI is InChI=1S/C19H20FN3O3S/c1-3-8-23-18-7-6-16(10-15(18)11-21-19(23)24)22-27(25,26)12-14-5-4-13(2)9-17(14)20/h4-7,9-11,22H,3,8,12H2,1-2H3. The van der Waals surface area contributed by atoms with Crippen LogP contribution in [0.5, 0.6) is 0 Å². The van der Waals surface area contributed by atoms with Gasteiger partial charge in [0.1, 0.15) is 5.82 Å². The highest BCUT2D eigenvalue weighted by Crippen LogP contribution is 2.20. The van der Waals surface area contributed by atoms with Crippen LogP contribution in [-0.2, 0) is 22.3 Å². The van der Waals surface area contributed by atoms with E-state index < -0.39 is 21.6 Å². The van der Waals surface area contributed by atoms with Gasteiger partial charge in [-0.3, -0.25) is 9.29 Å². The van der Waals surface area contributed by atoms with Crippen molar-refractivity contribution in [3.8, 4) is 0 Å². The summed E-state index contributed by atoms with van der Waals surface area (Å²) in [4.78, 5) is 15.7. The van der Waals surface area contributed by atoms with Crippen molar-refractivity contribution in [2.45, 2.75) is 32.6 Å². The smallest absolute Gasteiger partial charge is 0.292 e. The Morgan fingerprint density at radius 2 is 1.96 bits per heavy atom. The molecule has 0 spiro atoms. The fourth-order valence-electron chi connectivity index (χ4n) is 2.89. The summed E-state index contributed by atoms with van der Waals surface area (Å²) in [6.45, 7) is 4.22. The maximum absolute atomic E-state index is 13.9. The minimum absolute atomic E-state index is 0.104. The minimum Gasteiger partial charge on any atom is -0.292 e. The Balaban J connectivity index is 1.89. The molecule has 6 nitrogen and oxygen atoms in total. The van der Waals surface area contributed by atoms with Crippen molar-refractivity contribution in [2.24, 2.45) is 0 Å². The summed E-state index contributed by atoms with van der Waals surface area (Å²) in [6, 6.07) is 9.31. The van der Waals surface area contributed by atoms with Crippen molar-refractivity contribution >= 4 is 26.6 Å². The summed E-state index contributed by atoms with van der Waals surface area (Å²) in [5.41, 5.74) is 1.50. The minimum atomic E-state index is -3.80. The molecule has 0 aliphatic heterocycles. The molecule has 0 radical (unpaired) electrons. The topological polar surface area (TPSA) is 81.1 Å². The molecule has 142 valence electrons. The number of rotatable bonds is 6. The van der Waals surface area contributed by atoms with Crippen molar-refractivity contribution in [3.63, 3.8) is 0 Å². The third kappa shape index (κ3) is 4.33. The first-order valence-corrected chi connectivity index (χ1v) is 10.2. The van der Waals surface area contributed by atoms with E-state index in [0.717, 1.165) is 12.0 Å². The molecule has 1 heterocycles. The first-order valence-electron chi connectivity index (χ1n) is 8.54. The van der Waals surface area contributed by atoms with Crippen LogP contribution in [0.1, 0.15) is 24.5 Å². The Hall–Kier alpha value is -2.74. The number of nitrogens with zero attached hydrogens (tertiary/aromatic N) is 2. The fourth-order valence-corrected chi connectivity index (χ4v) is 4.10. The third-order valence-corrected chi connectivity index (χ3v) is 5.38. The van der Waals surface area contributed by atoms with Gasteiger partial charge in [-0.15, -0.1) is 0 Å². The largest absolute Gasteiger partial charge is 0.348 e. The molecule has 0 aliphatic carbocycles. The predicted molar refractivity (Wildman–Crippen MR) is 104 cm³/mol. The van der Waals surface area contributed by atoms with E-state index in [1.54, 1.807) is 35.8 Å². The van der Waals surface area contributed by atoms with Crippen LogP contribution < -0.4 is 10.4 Å². The molecular weight excluding hydrogens is 369 g/mol. The molecule has 0 bridgehead atoms. The SMILES string of the molecule is CCCn1c(=O)ncc2cc(NS(=O)(=O)Cc3ccc(C)cc3F)ccc21. The van der Waals surface area contributed by atoms with Gasteiger partial charge in [0.2, 0.25) is 10.0 Å². The van der Waals surface area contributed by atoms with Crippen LogP contribution in [0.3, 0.4) is 0 Å². The van der Waals surface area contributed by atoms with Gasteiger partial charge in [-0.1, -0.05) is 19.1 Å². The lowest BCUT2D eigenvalue weighted by atomic mass is 10.2. The zero-order valence-corrected chi connectivity index (χ0v) is 15.9. The Kier molecular flexibility index (Phi) is 5.27.